The zero-order chi connectivity index (χ0) is 21.6. The molecular weight excluding hydrogens is 482 g/mol. The van der Waals surface area contributed by atoms with E-state index in [1.807, 2.05) is 0 Å². The molecule has 0 aromatic heterocycles. The van der Waals surface area contributed by atoms with E-state index in [0.29, 0.717) is 0 Å². The van der Waals surface area contributed by atoms with Crippen molar-refractivity contribution in [2.24, 2.45) is 0 Å². The van der Waals surface area contributed by atoms with Crippen molar-refractivity contribution in [1.29, 1.82) is 0 Å². The summed E-state index contributed by atoms with van der Waals surface area (Å²) in [6.07, 6.45) is 0. The number of aromatic hydroxyl groups is 2. The van der Waals surface area contributed by atoms with Crippen LogP contribution < -0.4 is 0 Å². The molecule has 10 heteroatoms. The highest BCUT2D eigenvalue weighted by molar-refractivity contribution is 7.87. The summed E-state index contributed by atoms with van der Waals surface area (Å²) in [5.41, 5.74) is -0.463. The summed E-state index contributed by atoms with van der Waals surface area (Å²) in [4.78, 5) is 0. The molecule has 0 amide bonds. The summed E-state index contributed by atoms with van der Waals surface area (Å²) in [7, 11) is -5.09. The second kappa shape index (κ2) is 7.87. The summed E-state index contributed by atoms with van der Waals surface area (Å²) in [6, 6.07) is 11.5. The molecule has 0 fully saturated rings. The zero-order valence-electron chi connectivity index (χ0n) is 14.3. The molecule has 5 nitrogen and oxygen atoms in total. The first-order valence-electron chi connectivity index (χ1n) is 7.89. The Morgan fingerprint density at radius 1 is 0.759 bits per heavy atom. The third-order valence-corrected chi connectivity index (χ3v) is 7.27. The molecule has 0 bridgehead atoms. The standard InChI is InChI=1S/C19H12Cl4O5S/c20-13-5-4-11(9-15(13)22)19(29(26,27)28,10-2-1-3-12(24)8-10)17-14(21)6-7-16(25)18(17)23/h1-9,24-25H,(H,26,27,28). The number of halogens is 4. The van der Waals surface area contributed by atoms with Gasteiger partial charge in [0, 0.05) is 10.6 Å². The van der Waals surface area contributed by atoms with Gasteiger partial charge in [-0.1, -0.05) is 64.6 Å². The number of phenolic OH excluding ortho intramolecular Hbond substituents is 2. The van der Waals surface area contributed by atoms with E-state index in [2.05, 4.69) is 0 Å². The van der Waals surface area contributed by atoms with Crippen LogP contribution in [0.1, 0.15) is 16.7 Å². The van der Waals surface area contributed by atoms with Gasteiger partial charge in [-0.15, -0.1) is 0 Å². The van der Waals surface area contributed by atoms with Gasteiger partial charge < -0.3 is 10.2 Å². The Hall–Kier alpha value is -1.67. The van der Waals surface area contributed by atoms with Gasteiger partial charge in [0.25, 0.3) is 10.1 Å². The molecule has 0 aliphatic carbocycles. The van der Waals surface area contributed by atoms with Crippen LogP contribution in [0.5, 0.6) is 11.5 Å². The molecule has 29 heavy (non-hydrogen) atoms. The van der Waals surface area contributed by atoms with Gasteiger partial charge in [-0.3, -0.25) is 4.55 Å². The van der Waals surface area contributed by atoms with Crippen LogP contribution in [0, 0.1) is 0 Å². The molecular formula is C19H12Cl4O5S. The first kappa shape index (κ1) is 22.0. The number of phenols is 2. The second-order valence-electron chi connectivity index (χ2n) is 6.09. The van der Waals surface area contributed by atoms with Crippen molar-refractivity contribution in [2.45, 2.75) is 4.75 Å². The molecule has 0 heterocycles. The zero-order valence-corrected chi connectivity index (χ0v) is 18.1. The van der Waals surface area contributed by atoms with E-state index in [1.165, 1.54) is 48.5 Å². The molecule has 3 N–H and O–H groups in total. The minimum absolute atomic E-state index is 0.00439. The van der Waals surface area contributed by atoms with E-state index in [-0.39, 0.29) is 37.5 Å². The van der Waals surface area contributed by atoms with Crippen molar-refractivity contribution >= 4 is 56.5 Å². The molecule has 3 rings (SSSR count). The molecule has 0 aliphatic rings. The highest BCUT2D eigenvalue weighted by Crippen LogP contribution is 2.51. The fourth-order valence-corrected chi connectivity index (χ4v) is 5.57. The molecule has 1 unspecified atom stereocenters. The van der Waals surface area contributed by atoms with Gasteiger partial charge >= 0.3 is 0 Å². The molecule has 3 aromatic carbocycles. The van der Waals surface area contributed by atoms with E-state index in [4.69, 9.17) is 46.4 Å². The Morgan fingerprint density at radius 2 is 1.38 bits per heavy atom. The van der Waals surface area contributed by atoms with Crippen molar-refractivity contribution < 1.29 is 23.2 Å². The Morgan fingerprint density at radius 3 is 1.97 bits per heavy atom. The van der Waals surface area contributed by atoms with Crippen LogP contribution in [-0.4, -0.2) is 23.2 Å². The quantitative estimate of drug-likeness (QED) is 0.311. The topological polar surface area (TPSA) is 94.8 Å². The predicted octanol–water partition coefficient (Wildman–Crippen LogP) is 5.89. The summed E-state index contributed by atoms with van der Waals surface area (Å²) < 4.78 is 34.0. The summed E-state index contributed by atoms with van der Waals surface area (Å²) >= 11 is 24.7. The molecule has 0 spiro atoms. The number of benzene rings is 3. The minimum Gasteiger partial charge on any atom is -0.508 e. The Bertz CT molecular complexity index is 1210. The van der Waals surface area contributed by atoms with E-state index in [0.717, 1.165) is 6.07 Å². The van der Waals surface area contributed by atoms with Gasteiger partial charge in [0.1, 0.15) is 11.5 Å². The summed E-state index contributed by atoms with van der Waals surface area (Å²) in [5.74, 6) is -0.734. The van der Waals surface area contributed by atoms with Crippen molar-refractivity contribution in [3.05, 3.63) is 91.4 Å². The Kier molecular flexibility index (Phi) is 5.98. The number of rotatable bonds is 4. The Labute approximate surface area is 186 Å². The van der Waals surface area contributed by atoms with Gasteiger partial charge in [-0.25, -0.2) is 0 Å². The fraction of sp³-hybridized carbons (Fsp3) is 0.0526. The lowest BCUT2D eigenvalue weighted by molar-refractivity contribution is 0.455. The van der Waals surface area contributed by atoms with Crippen molar-refractivity contribution in [3.63, 3.8) is 0 Å². The Balaban J connectivity index is 2.63. The molecule has 152 valence electrons. The van der Waals surface area contributed by atoms with Gasteiger partial charge in [0.05, 0.1) is 15.1 Å². The number of hydrogen-bond acceptors (Lipinski definition) is 4. The van der Waals surface area contributed by atoms with Gasteiger partial charge in [0.15, 0.2) is 4.75 Å². The third kappa shape index (κ3) is 3.65. The second-order valence-corrected chi connectivity index (χ2v) is 9.25. The minimum atomic E-state index is -5.09. The molecule has 3 aromatic rings. The monoisotopic (exact) mass is 492 g/mol. The normalized spacial score (nSPS) is 13.8. The van der Waals surface area contributed by atoms with Crippen molar-refractivity contribution in [3.8, 4) is 11.5 Å². The lowest BCUT2D eigenvalue weighted by Crippen LogP contribution is -2.39. The maximum absolute atomic E-state index is 13.0. The van der Waals surface area contributed by atoms with Gasteiger partial charge in [-0.05, 0) is 47.5 Å². The van der Waals surface area contributed by atoms with Crippen molar-refractivity contribution in [1.82, 2.24) is 0 Å². The first-order valence-corrected chi connectivity index (χ1v) is 10.8. The van der Waals surface area contributed by atoms with Crippen molar-refractivity contribution in [2.75, 3.05) is 0 Å². The van der Waals surface area contributed by atoms with Crippen LogP contribution >= 0.6 is 46.4 Å². The molecule has 0 radical (unpaired) electrons. The molecule has 0 saturated heterocycles. The van der Waals surface area contributed by atoms with E-state index in [1.54, 1.807) is 0 Å². The van der Waals surface area contributed by atoms with Gasteiger partial charge in [0.2, 0.25) is 0 Å². The summed E-state index contributed by atoms with van der Waals surface area (Å²) in [6.45, 7) is 0. The van der Waals surface area contributed by atoms with Crippen LogP contribution in [0.2, 0.25) is 20.1 Å². The number of hydrogen-bond donors (Lipinski definition) is 3. The van der Waals surface area contributed by atoms with Crippen LogP contribution in [0.3, 0.4) is 0 Å². The smallest absolute Gasteiger partial charge is 0.283 e. The third-order valence-electron chi connectivity index (χ3n) is 4.39. The van der Waals surface area contributed by atoms with E-state index >= 15 is 0 Å². The predicted molar refractivity (Wildman–Crippen MR) is 114 cm³/mol. The molecule has 1 atom stereocenters. The highest BCUT2D eigenvalue weighted by atomic mass is 35.5. The maximum atomic E-state index is 13.0. The average molecular weight is 494 g/mol. The summed E-state index contributed by atoms with van der Waals surface area (Å²) in [5, 5.41) is 19.7. The van der Waals surface area contributed by atoms with E-state index in [9.17, 15) is 23.2 Å². The van der Waals surface area contributed by atoms with Crippen LogP contribution in [0.25, 0.3) is 0 Å². The largest absolute Gasteiger partial charge is 0.508 e. The van der Waals surface area contributed by atoms with Gasteiger partial charge in [-0.2, -0.15) is 8.42 Å². The van der Waals surface area contributed by atoms with Crippen LogP contribution in [0.4, 0.5) is 0 Å². The van der Waals surface area contributed by atoms with Crippen LogP contribution in [-0.2, 0) is 14.9 Å². The SMILES string of the molecule is O=S(=O)(O)C(c1cccc(O)c1)(c1ccc(Cl)c(Cl)c1)c1c(Cl)ccc(O)c1Cl. The van der Waals surface area contributed by atoms with Crippen LogP contribution in [0.15, 0.2) is 54.6 Å². The lowest BCUT2D eigenvalue weighted by Gasteiger charge is -2.34. The fourth-order valence-electron chi connectivity index (χ4n) is 3.19. The average Bonchev–Trinajstić information content (AvgIpc) is 2.63. The molecule has 0 saturated carbocycles. The lowest BCUT2D eigenvalue weighted by atomic mass is 9.83. The highest BCUT2D eigenvalue weighted by Gasteiger charge is 2.51. The van der Waals surface area contributed by atoms with E-state index < -0.39 is 25.6 Å². The first-order chi connectivity index (χ1) is 13.5. The molecule has 0 aliphatic heterocycles. The maximum Gasteiger partial charge on any atom is 0.283 e.